The predicted octanol–water partition coefficient (Wildman–Crippen LogP) is 2.28. The van der Waals surface area contributed by atoms with E-state index in [1.807, 2.05) is 9.58 Å². The number of aryl methyl sites for hydroxylation is 1. The Balaban J connectivity index is 1.47. The second-order valence-corrected chi connectivity index (χ2v) is 8.69. The zero-order valence-electron chi connectivity index (χ0n) is 16.7. The maximum atomic E-state index is 13.0. The van der Waals surface area contributed by atoms with Gasteiger partial charge in [0.1, 0.15) is 0 Å². The van der Waals surface area contributed by atoms with Crippen LogP contribution in [0.4, 0.5) is 0 Å². The molecule has 1 aromatic rings. The maximum absolute atomic E-state index is 13.0. The van der Waals surface area contributed by atoms with Crippen molar-refractivity contribution in [3.05, 3.63) is 17.0 Å². The predicted molar refractivity (Wildman–Crippen MR) is 105 cm³/mol. The van der Waals surface area contributed by atoms with Crippen LogP contribution in [0.5, 0.6) is 0 Å². The molecule has 1 saturated carbocycles. The van der Waals surface area contributed by atoms with Crippen LogP contribution in [0, 0.1) is 0 Å². The summed E-state index contributed by atoms with van der Waals surface area (Å²) in [6.45, 7) is 5.31. The highest BCUT2D eigenvalue weighted by Gasteiger charge is 2.34. The van der Waals surface area contributed by atoms with Gasteiger partial charge in [-0.25, -0.2) is 0 Å². The molecule has 6 heteroatoms. The normalized spacial score (nSPS) is 24.8. The molecule has 4 rings (SSSR count). The molecule has 1 amide bonds. The molecule has 2 heterocycles. The number of nitrogens with one attached hydrogen (secondary N) is 1. The van der Waals surface area contributed by atoms with Gasteiger partial charge in [0, 0.05) is 43.5 Å². The summed E-state index contributed by atoms with van der Waals surface area (Å²) >= 11 is 0. The summed E-state index contributed by atoms with van der Waals surface area (Å²) in [7, 11) is 0. The third kappa shape index (κ3) is 3.92. The van der Waals surface area contributed by atoms with Crippen molar-refractivity contribution in [3.63, 3.8) is 0 Å². The zero-order chi connectivity index (χ0) is 18.9. The smallest absolute Gasteiger partial charge is 0.274 e. The van der Waals surface area contributed by atoms with Crippen molar-refractivity contribution in [2.24, 2.45) is 0 Å². The number of carbonyl (C=O) groups excluding carboxylic acids is 1. The molecule has 1 atom stereocenters. The molecule has 0 spiro atoms. The number of amides is 1. The largest absolute Gasteiger partial charge is 0.389 e. The van der Waals surface area contributed by atoms with Gasteiger partial charge in [-0.3, -0.25) is 9.48 Å². The van der Waals surface area contributed by atoms with Gasteiger partial charge in [0.25, 0.3) is 5.91 Å². The molecule has 150 valence electrons. The fraction of sp³-hybridized carbons (Fsp3) is 0.810. The Hall–Kier alpha value is -1.40. The number of likely N-dealkylation sites (tertiary alicyclic amines) is 1. The molecule has 1 aliphatic heterocycles. The number of aliphatic hydroxyl groups is 1. The van der Waals surface area contributed by atoms with Crippen molar-refractivity contribution in [2.75, 3.05) is 19.6 Å². The molecule has 27 heavy (non-hydrogen) atoms. The summed E-state index contributed by atoms with van der Waals surface area (Å²) in [5, 5.41) is 19.1. The number of carbonyl (C=O) groups is 1. The third-order valence-electron chi connectivity index (χ3n) is 6.75. The summed E-state index contributed by atoms with van der Waals surface area (Å²) in [4.78, 5) is 15.0. The highest BCUT2D eigenvalue weighted by Crippen LogP contribution is 2.30. The fourth-order valence-corrected chi connectivity index (χ4v) is 5.09. The standard InChI is InChI=1S/C21H34N4O2/c1-2-25-18-9-8-16(22-15-21(27)10-4-3-5-11-21)14-17(18)19(23-25)20(26)24-12-6-7-13-24/h16,22,27H,2-15H2,1H3/t16-/m1/s1. The van der Waals surface area contributed by atoms with E-state index >= 15 is 0 Å². The molecule has 1 saturated heterocycles. The molecular formula is C21H34N4O2. The second-order valence-electron chi connectivity index (χ2n) is 8.69. The lowest BCUT2D eigenvalue weighted by Crippen LogP contribution is -2.47. The van der Waals surface area contributed by atoms with E-state index in [2.05, 4.69) is 12.2 Å². The highest BCUT2D eigenvalue weighted by atomic mass is 16.3. The molecular weight excluding hydrogens is 340 g/mol. The Bertz CT molecular complexity index is 672. The van der Waals surface area contributed by atoms with E-state index in [4.69, 9.17) is 5.10 Å². The zero-order valence-corrected chi connectivity index (χ0v) is 16.7. The monoisotopic (exact) mass is 374 g/mol. The minimum Gasteiger partial charge on any atom is -0.389 e. The van der Waals surface area contributed by atoms with Gasteiger partial charge < -0.3 is 15.3 Å². The van der Waals surface area contributed by atoms with Gasteiger partial charge in [-0.2, -0.15) is 5.10 Å². The summed E-state index contributed by atoms with van der Waals surface area (Å²) in [5.41, 5.74) is 2.53. The van der Waals surface area contributed by atoms with E-state index in [9.17, 15) is 9.90 Å². The number of aromatic nitrogens is 2. The lowest BCUT2D eigenvalue weighted by molar-refractivity contribution is 0.00227. The second kappa shape index (κ2) is 7.92. The Morgan fingerprint density at radius 2 is 1.96 bits per heavy atom. The van der Waals surface area contributed by atoms with E-state index in [1.165, 1.54) is 12.1 Å². The molecule has 2 aliphatic carbocycles. The Morgan fingerprint density at radius 1 is 1.22 bits per heavy atom. The Kier molecular flexibility index (Phi) is 5.55. The van der Waals surface area contributed by atoms with E-state index in [1.54, 1.807) is 0 Å². The lowest BCUT2D eigenvalue weighted by Gasteiger charge is -2.35. The van der Waals surface area contributed by atoms with Crippen molar-refractivity contribution < 1.29 is 9.90 Å². The topological polar surface area (TPSA) is 70.4 Å². The lowest BCUT2D eigenvalue weighted by atomic mass is 9.84. The van der Waals surface area contributed by atoms with Crippen LogP contribution in [0.25, 0.3) is 0 Å². The number of fused-ring (bicyclic) bond motifs is 1. The van der Waals surface area contributed by atoms with Crippen LogP contribution in [0.3, 0.4) is 0 Å². The van der Waals surface area contributed by atoms with Crippen molar-refractivity contribution in [1.29, 1.82) is 0 Å². The van der Waals surface area contributed by atoms with E-state index in [0.29, 0.717) is 18.3 Å². The fourth-order valence-electron chi connectivity index (χ4n) is 5.09. The van der Waals surface area contributed by atoms with Gasteiger partial charge in [-0.1, -0.05) is 19.3 Å². The minimum absolute atomic E-state index is 0.113. The average molecular weight is 375 g/mol. The van der Waals surface area contributed by atoms with Gasteiger partial charge in [-0.05, 0) is 51.9 Å². The van der Waals surface area contributed by atoms with Gasteiger partial charge in [-0.15, -0.1) is 0 Å². The van der Waals surface area contributed by atoms with Crippen molar-refractivity contribution in [2.45, 2.75) is 89.3 Å². The van der Waals surface area contributed by atoms with E-state index in [0.717, 1.165) is 83.0 Å². The minimum atomic E-state index is -0.541. The quantitative estimate of drug-likeness (QED) is 0.830. The number of nitrogens with zero attached hydrogens (tertiary/aromatic N) is 3. The van der Waals surface area contributed by atoms with Crippen LogP contribution >= 0.6 is 0 Å². The van der Waals surface area contributed by atoms with Gasteiger partial charge in [0.15, 0.2) is 5.69 Å². The first kappa shape index (κ1) is 18.9. The van der Waals surface area contributed by atoms with Crippen LogP contribution in [0.15, 0.2) is 0 Å². The van der Waals surface area contributed by atoms with E-state index in [-0.39, 0.29) is 5.91 Å². The van der Waals surface area contributed by atoms with Crippen molar-refractivity contribution >= 4 is 5.91 Å². The van der Waals surface area contributed by atoms with Crippen LogP contribution in [-0.2, 0) is 19.4 Å². The molecule has 0 aromatic carbocycles. The van der Waals surface area contributed by atoms with Crippen molar-refractivity contribution in [1.82, 2.24) is 20.0 Å². The summed E-state index contributed by atoms with van der Waals surface area (Å²) < 4.78 is 2.03. The molecule has 0 bridgehead atoms. The van der Waals surface area contributed by atoms with Crippen LogP contribution in [0.1, 0.15) is 80.0 Å². The molecule has 0 unspecified atom stereocenters. The molecule has 6 nitrogen and oxygen atoms in total. The van der Waals surface area contributed by atoms with Gasteiger partial charge in [0.2, 0.25) is 0 Å². The van der Waals surface area contributed by atoms with Crippen LogP contribution in [0.2, 0.25) is 0 Å². The molecule has 0 radical (unpaired) electrons. The first-order valence-electron chi connectivity index (χ1n) is 10.9. The third-order valence-corrected chi connectivity index (χ3v) is 6.75. The van der Waals surface area contributed by atoms with Gasteiger partial charge in [0.05, 0.1) is 5.60 Å². The van der Waals surface area contributed by atoms with Crippen LogP contribution < -0.4 is 5.32 Å². The Labute approximate surface area is 162 Å². The summed E-state index contributed by atoms with van der Waals surface area (Å²) in [6, 6.07) is 0.322. The highest BCUT2D eigenvalue weighted by molar-refractivity contribution is 5.94. The molecule has 2 fully saturated rings. The van der Waals surface area contributed by atoms with Crippen LogP contribution in [-0.4, -0.2) is 57.0 Å². The summed E-state index contributed by atoms with van der Waals surface area (Å²) in [6.07, 6.45) is 10.4. The molecule has 1 aromatic heterocycles. The van der Waals surface area contributed by atoms with E-state index < -0.39 is 5.60 Å². The first-order chi connectivity index (χ1) is 13.1. The SMILES string of the molecule is CCn1nc(C(=O)N2CCCC2)c2c1CC[C@@H](NCC1(O)CCCCC1)C2. The average Bonchev–Trinajstić information content (AvgIpc) is 3.34. The first-order valence-corrected chi connectivity index (χ1v) is 10.9. The Morgan fingerprint density at radius 3 is 2.67 bits per heavy atom. The van der Waals surface area contributed by atoms with Gasteiger partial charge >= 0.3 is 0 Å². The molecule has 2 N–H and O–H groups in total. The number of rotatable bonds is 5. The maximum Gasteiger partial charge on any atom is 0.274 e. The molecule has 3 aliphatic rings. The summed E-state index contributed by atoms with van der Waals surface area (Å²) in [5.74, 6) is 0.113. The number of hydrogen-bond donors (Lipinski definition) is 2. The van der Waals surface area contributed by atoms with Crippen molar-refractivity contribution in [3.8, 4) is 0 Å². The number of hydrogen-bond acceptors (Lipinski definition) is 4.